The number of amides is 1. The molecule has 1 aliphatic rings. The Bertz CT molecular complexity index is 1210. The second-order valence-electron chi connectivity index (χ2n) is 7.94. The predicted octanol–water partition coefficient (Wildman–Crippen LogP) is 4.08. The number of ether oxygens (including phenoxy) is 1. The molecule has 0 bridgehead atoms. The Hall–Kier alpha value is -3.13. The van der Waals surface area contributed by atoms with Crippen molar-refractivity contribution < 1.29 is 13.9 Å². The molecule has 1 aliphatic heterocycles. The lowest BCUT2D eigenvalue weighted by atomic mass is 9.99. The molecule has 3 aromatic rings. The fourth-order valence-electron chi connectivity index (χ4n) is 3.78. The summed E-state index contributed by atoms with van der Waals surface area (Å²) >= 11 is 6.34. The van der Waals surface area contributed by atoms with Crippen molar-refractivity contribution in [2.24, 2.45) is 7.05 Å². The number of nitrogens with one attached hydrogen (secondary N) is 1. The topological polar surface area (TPSA) is 80.2 Å². The zero-order chi connectivity index (χ0) is 22.8. The normalized spacial score (nSPS) is 13.9. The second-order valence-corrected chi connectivity index (χ2v) is 8.34. The molecule has 0 radical (unpaired) electrons. The third-order valence-corrected chi connectivity index (χ3v) is 6.14. The molecule has 4 rings (SSSR count). The van der Waals surface area contributed by atoms with Crippen LogP contribution in [0.3, 0.4) is 0 Å². The highest BCUT2D eigenvalue weighted by Gasteiger charge is 2.21. The van der Waals surface area contributed by atoms with Gasteiger partial charge in [0, 0.05) is 41.9 Å². The van der Waals surface area contributed by atoms with Crippen LogP contribution in [0.1, 0.15) is 41.0 Å². The molecule has 2 heterocycles. The quantitative estimate of drug-likeness (QED) is 0.624. The predicted molar refractivity (Wildman–Crippen MR) is 119 cm³/mol. The summed E-state index contributed by atoms with van der Waals surface area (Å²) in [6.07, 6.45) is 3.06. The smallest absolute Gasteiger partial charge is 0.343 e. The van der Waals surface area contributed by atoms with Gasteiger partial charge in [-0.2, -0.15) is 5.10 Å². The average molecular weight is 459 g/mol. The third-order valence-electron chi connectivity index (χ3n) is 5.74. The van der Waals surface area contributed by atoms with E-state index < -0.39 is 5.82 Å². The molecule has 0 aliphatic carbocycles. The highest BCUT2D eigenvalue weighted by molar-refractivity contribution is 6.31. The minimum absolute atomic E-state index is 0.00265. The zero-order valence-corrected chi connectivity index (χ0v) is 18.7. The van der Waals surface area contributed by atoms with Crippen LogP contribution in [0.25, 0.3) is 11.1 Å². The van der Waals surface area contributed by atoms with E-state index in [0.29, 0.717) is 40.8 Å². The Morgan fingerprint density at radius 2 is 1.94 bits per heavy atom. The van der Waals surface area contributed by atoms with Crippen LogP contribution in [-0.4, -0.2) is 38.7 Å². The summed E-state index contributed by atoms with van der Waals surface area (Å²) in [5.74, 6) is 0.169. The van der Waals surface area contributed by atoms with E-state index in [9.17, 15) is 14.0 Å². The number of aryl methyl sites for hydroxylation is 1. The van der Waals surface area contributed by atoms with Crippen LogP contribution in [0.15, 0.2) is 35.1 Å². The van der Waals surface area contributed by atoms with Crippen LogP contribution in [0, 0.1) is 12.7 Å². The van der Waals surface area contributed by atoms with Crippen molar-refractivity contribution in [3.63, 3.8) is 0 Å². The number of benzene rings is 2. The van der Waals surface area contributed by atoms with Gasteiger partial charge < -0.3 is 9.64 Å². The lowest BCUT2D eigenvalue weighted by Gasteiger charge is -2.27. The number of nitrogens with zero attached hydrogens (tertiary/aromatic N) is 3. The Morgan fingerprint density at radius 1 is 1.19 bits per heavy atom. The number of aromatic amines is 1. The van der Waals surface area contributed by atoms with Crippen molar-refractivity contribution in [1.29, 1.82) is 0 Å². The molecule has 2 aromatic carbocycles. The average Bonchev–Trinajstić information content (AvgIpc) is 3.12. The van der Waals surface area contributed by atoms with E-state index in [-0.39, 0.29) is 23.8 Å². The minimum atomic E-state index is -0.489. The fourth-order valence-corrected chi connectivity index (χ4v) is 3.94. The van der Waals surface area contributed by atoms with Crippen LogP contribution in [-0.2, 0) is 13.7 Å². The lowest BCUT2D eigenvalue weighted by molar-refractivity contribution is 0.0724. The maximum Gasteiger partial charge on any atom is 0.343 e. The molecule has 0 spiro atoms. The van der Waals surface area contributed by atoms with Crippen LogP contribution in [0.2, 0.25) is 5.02 Å². The van der Waals surface area contributed by atoms with Gasteiger partial charge in [-0.1, -0.05) is 11.6 Å². The van der Waals surface area contributed by atoms with Crippen molar-refractivity contribution in [2.75, 3.05) is 13.1 Å². The van der Waals surface area contributed by atoms with Gasteiger partial charge in [0.05, 0.1) is 0 Å². The Balaban J connectivity index is 1.70. The fraction of sp³-hybridized carbons (Fsp3) is 0.348. The number of hydrogen-bond donors (Lipinski definition) is 1. The number of likely N-dealkylation sites (tertiary alicyclic amines) is 1. The van der Waals surface area contributed by atoms with Crippen molar-refractivity contribution in [1.82, 2.24) is 19.7 Å². The first-order chi connectivity index (χ1) is 15.3. The van der Waals surface area contributed by atoms with Crippen LogP contribution >= 0.6 is 11.6 Å². The zero-order valence-electron chi connectivity index (χ0n) is 18.0. The van der Waals surface area contributed by atoms with Crippen molar-refractivity contribution in [3.05, 3.63) is 68.6 Å². The molecule has 1 N–H and O–H groups in total. The van der Waals surface area contributed by atoms with E-state index in [1.54, 1.807) is 30.1 Å². The van der Waals surface area contributed by atoms with Gasteiger partial charge in [0.1, 0.15) is 18.2 Å². The SMILES string of the molecule is Cc1cc(OCc2n[nH]c(=O)n2C)c(-c2cc(C(=O)N3CCCCC3)ccc2F)cc1Cl. The largest absolute Gasteiger partial charge is 0.485 e. The molecule has 9 heteroatoms. The molecule has 1 amide bonds. The number of H-pyrrole nitrogens is 1. The maximum absolute atomic E-state index is 14.9. The minimum Gasteiger partial charge on any atom is -0.485 e. The molecule has 1 fully saturated rings. The first-order valence-corrected chi connectivity index (χ1v) is 10.9. The first-order valence-electron chi connectivity index (χ1n) is 10.5. The van der Waals surface area contributed by atoms with E-state index >= 15 is 0 Å². The summed E-state index contributed by atoms with van der Waals surface area (Å²) in [4.78, 5) is 26.4. The van der Waals surface area contributed by atoms with Crippen molar-refractivity contribution >= 4 is 17.5 Å². The standard InChI is InChI=1S/C23H24ClFN4O3/c1-14-10-20(32-13-21-26-27-23(31)28(21)2)17(12-18(14)24)16-11-15(6-7-19(16)25)22(30)29-8-4-3-5-9-29/h6-7,10-12H,3-5,8-9,13H2,1-2H3,(H,27,31). The van der Waals surface area contributed by atoms with E-state index in [2.05, 4.69) is 10.2 Å². The summed E-state index contributed by atoms with van der Waals surface area (Å²) in [6, 6.07) is 7.68. The molecule has 1 saturated heterocycles. The molecular formula is C23H24ClFN4O3. The number of carbonyl (C=O) groups is 1. The molecule has 168 valence electrons. The van der Waals surface area contributed by atoms with Gasteiger partial charge in [0.2, 0.25) is 0 Å². The monoisotopic (exact) mass is 458 g/mol. The van der Waals surface area contributed by atoms with Crippen LogP contribution < -0.4 is 10.4 Å². The van der Waals surface area contributed by atoms with E-state index in [4.69, 9.17) is 16.3 Å². The number of piperidine rings is 1. The van der Waals surface area contributed by atoms with E-state index in [1.165, 1.54) is 16.7 Å². The number of carbonyl (C=O) groups excluding carboxylic acids is 1. The molecule has 0 atom stereocenters. The third kappa shape index (κ3) is 4.41. The van der Waals surface area contributed by atoms with Gasteiger partial charge in [-0.25, -0.2) is 14.3 Å². The van der Waals surface area contributed by atoms with Crippen LogP contribution in [0.4, 0.5) is 4.39 Å². The summed E-state index contributed by atoms with van der Waals surface area (Å²) < 4.78 is 22.2. The number of hydrogen-bond acceptors (Lipinski definition) is 4. The summed E-state index contributed by atoms with van der Waals surface area (Å²) in [6.45, 7) is 3.23. The molecule has 7 nitrogen and oxygen atoms in total. The molecule has 0 unspecified atom stereocenters. The highest BCUT2D eigenvalue weighted by atomic mass is 35.5. The second kappa shape index (κ2) is 9.16. The van der Waals surface area contributed by atoms with Crippen molar-refractivity contribution in [2.45, 2.75) is 32.8 Å². The summed E-state index contributed by atoms with van der Waals surface area (Å²) in [5.41, 5.74) is 1.46. The van der Waals surface area contributed by atoms with Crippen molar-refractivity contribution in [3.8, 4) is 16.9 Å². The molecule has 1 aromatic heterocycles. The maximum atomic E-state index is 14.9. The number of rotatable bonds is 5. The van der Waals surface area contributed by atoms with Gasteiger partial charge in [-0.15, -0.1) is 0 Å². The van der Waals surface area contributed by atoms with Gasteiger partial charge >= 0.3 is 5.69 Å². The van der Waals surface area contributed by atoms with Gasteiger partial charge in [0.25, 0.3) is 5.91 Å². The van der Waals surface area contributed by atoms with E-state index in [0.717, 1.165) is 24.8 Å². The lowest BCUT2D eigenvalue weighted by Crippen LogP contribution is -2.35. The Morgan fingerprint density at radius 3 is 2.62 bits per heavy atom. The van der Waals surface area contributed by atoms with Gasteiger partial charge in [0.15, 0.2) is 5.82 Å². The Labute approximate surface area is 189 Å². The number of halogens is 2. The van der Waals surface area contributed by atoms with Crippen LogP contribution in [0.5, 0.6) is 5.75 Å². The molecular weight excluding hydrogens is 435 g/mol. The Kier molecular flexibility index (Phi) is 6.32. The van der Waals surface area contributed by atoms with E-state index in [1.807, 2.05) is 6.92 Å². The molecule has 32 heavy (non-hydrogen) atoms. The summed E-state index contributed by atoms with van der Waals surface area (Å²) in [7, 11) is 1.58. The highest BCUT2D eigenvalue weighted by Crippen LogP contribution is 2.37. The van der Waals surface area contributed by atoms with Gasteiger partial charge in [-0.05, 0) is 62.1 Å². The number of aromatic nitrogens is 3. The summed E-state index contributed by atoms with van der Waals surface area (Å²) in [5, 5.41) is 6.73. The first kappa shape index (κ1) is 22.1. The van der Waals surface area contributed by atoms with Gasteiger partial charge in [-0.3, -0.25) is 9.36 Å². The molecule has 0 saturated carbocycles.